The van der Waals surface area contributed by atoms with Crippen LogP contribution in [0.3, 0.4) is 0 Å². The highest BCUT2D eigenvalue weighted by molar-refractivity contribution is 7.21. The Morgan fingerprint density at radius 3 is 2.21 bits per heavy atom. The van der Waals surface area contributed by atoms with Crippen LogP contribution in [0.2, 0.25) is 0 Å². The lowest BCUT2D eigenvalue weighted by atomic mass is 9.71. The first-order chi connectivity index (χ1) is 15.8. The first-order valence-corrected chi connectivity index (χ1v) is 12.3. The van der Waals surface area contributed by atoms with E-state index >= 15 is 0 Å². The minimum atomic E-state index is -0.126. The normalized spacial score (nSPS) is 15.9. The van der Waals surface area contributed by atoms with Crippen LogP contribution in [0.1, 0.15) is 48.1 Å². The number of benzene rings is 2. The fourth-order valence-corrected chi connectivity index (χ4v) is 5.75. The van der Waals surface area contributed by atoms with Gasteiger partial charge in [0.15, 0.2) is 0 Å². The number of anilines is 3. The van der Waals surface area contributed by atoms with Crippen molar-refractivity contribution in [2.75, 3.05) is 10.6 Å². The quantitative estimate of drug-likeness (QED) is 0.361. The summed E-state index contributed by atoms with van der Waals surface area (Å²) in [5, 5.41) is 0.901. The molecule has 2 N–H and O–H groups in total. The number of para-hydroxylation sites is 2. The molecular weight excluding hydrogens is 426 g/mol. The number of aryl methyl sites for hydroxylation is 1. The average molecular weight is 456 g/mol. The van der Waals surface area contributed by atoms with Crippen LogP contribution in [0, 0.1) is 11.3 Å². The average Bonchev–Trinajstić information content (AvgIpc) is 3.13. The number of carbonyl (C=O) groups is 1. The van der Waals surface area contributed by atoms with E-state index in [1.165, 1.54) is 16.9 Å². The van der Waals surface area contributed by atoms with Gasteiger partial charge in [-0.25, -0.2) is 4.98 Å². The second kappa shape index (κ2) is 8.31. The van der Waals surface area contributed by atoms with E-state index in [9.17, 15) is 4.79 Å². The summed E-state index contributed by atoms with van der Waals surface area (Å²) in [6.07, 6.45) is 3.15. The molecule has 5 heteroatoms. The summed E-state index contributed by atoms with van der Waals surface area (Å²) < 4.78 is 0. The molecule has 1 aliphatic rings. The number of hydrogen-bond donors (Lipinski definition) is 1. The van der Waals surface area contributed by atoms with E-state index in [1.807, 2.05) is 60.7 Å². The van der Waals surface area contributed by atoms with Crippen molar-refractivity contribution in [2.24, 2.45) is 11.3 Å². The molecule has 2 aromatic heterocycles. The van der Waals surface area contributed by atoms with Gasteiger partial charge in [-0.15, -0.1) is 11.3 Å². The third-order valence-electron chi connectivity index (χ3n) is 6.74. The van der Waals surface area contributed by atoms with E-state index in [-0.39, 0.29) is 11.3 Å². The van der Waals surface area contributed by atoms with Crippen LogP contribution in [-0.2, 0) is 12.8 Å². The molecule has 1 aliphatic carbocycles. The molecule has 0 bridgehead atoms. The number of pyridine rings is 1. The van der Waals surface area contributed by atoms with E-state index in [2.05, 4.69) is 26.8 Å². The molecule has 2 aromatic carbocycles. The Kier molecular flexibility index (Phi) is 5.45. The Hall–Kier alpha value is -3.18. The van der Waals surface area contributed by atoms with Crippen molar-refractivity contribution in [3.63, 3.8) is 0 Å². The number of rotatable bonds is 3. The Labute approximate surface area is 199 Å². The fraction of sp³-hybridized carbons (Fsp3) is 0.286. The molecule has 0 radical (unpaired) electrons. The molecule has 0 saturated heterocycles. The van der Waals surface area contributed by atoms with Crippen molar-refractivity contribution in [1.29, 1.82) is 0 Å². The monoisotopic (exact) mass is 455 g/mol. The highest BCUT2D eigenvalue weighted by atomic mass is 32.1. The van der Waals surface area contributed by atoms with Crippen LogP contribution in [-0.4, -0.2) is 10.9 Å². The van der Waals surface area contributed by atoms with E-state index < -0.39 is 0 Å². The summed E-state index contributed by atoms with van der Waals surface area (Å²) in [5.41, 5.74) is 11.5. The zero-order chi connectivity index (χ0) is 23.2. The highest BCUT2D eigenvalue weighted by Gasteiger charge is 2.31. The van der Waals surface area contributed by atoms with Crippen molar-refractivity contribution < 1.29 is 4.79 Å². The van der Waals surface area contributed by atoms with Crippen molar-refractivity contribution in [3.05, 3.63) is 82.9 Å². The summed E-state index contributed by atoms with van der Waals surface area (Å²) in [4.78, 5) is 22.0. The van der Waals surface area contributed by atoms with E-state index in [0.717, 1.165) is 46.5 Å². The number of nitrogen functional groups attached to an aromatic ring is 1. The van der Waals surface area contributed by atoms with Gasteiger partial charge in [-0.3, -0.25) is 9.69 Å². The van der Waals surface area contributed by atoms with Gasteiger partial charge in [0.05, 0.1) is 5.69 Å². The second-order valence-corrected chi connectivity index (χ2v) is 10.9. The van der Waals surface area contributed by atoms with Gasteiger partial charge in [0, 0.05) is 22.5 Å². The minimum absolute atomic E-state index is 0.126. The summed E-state index contributed by atoms with van der Waals surface area (Å²) in [5.74, 6) is 0.496. The van der Waals surface area contributed by atoms with Crippen LogP contribution in [0.4, 0.5) is 17.1 Å². The number of amides is 1. The molecule has 4 nitrogen and oxygen atoms in total. The van der Waals surface area contributed by atoms with Crippen molar-refractivity contribution in [3.8, 4) is 0 Å². The zero-order valence-electron chi connectivity index (χ0n) is 19.3. The maximum absolute atomic E-state index is 13.9. The van der Waals surface area contributed by atoms with Crippen LogP contribution in [0.25, 0.3) is 10.2 Å². The summed E-state index contributed by atoms with van der Waals surface area (Å²) in [7, 11) is 0. The maximum atomic E-state index is 13.9. The molecule has 1 amide bonds. The maximum Gasteiger partial charge on any atom is 0.275 e. The van der Waals surface area contributed by atoms with Crippen LogP contribution in [0.5, 0.6) is 0 Å². The van der Waals surface area contributed by atoms with Gasteiger partial charge in [0.25, 0.3) is 5.91 Å². The number of fused-ring (bicyclic) bond motifs is 2. The van der Waals surface area contributed by atoms with Gasteiger partial charge in [-0.05, 0) is 66.5 Å². The lowest BCUT2D eigenvalue weighted by Gasteiger charge is -2.34. The summed E-state index contributed by atoms with van der Waals surface area (Å²) in [6.45, 7) is 6.93. The number of nitrogens with two attached hydrogens (primary N) is 1. The van der Waals surface area contributed by atoms with Gasteiger partial charge >= 0.3 is 0 Å². The van der Waals surface area contributed by atoms with Crippen molar-refractivity contribution in [2.45, 2.75) is 40.0 Å². The molecule has 0 saturated carbocycles. The molecule has 168 valence electrons. The standard InChI is InChI=1S/C28H29N3OS/c1-28(2,3)19-14-15-23-18(16-19)17-22-24(29)25(33-26(22)30-23)27(32)31(20-10-6-4-7-11-20)21-12-8-5-9-13-21/h4-13,17,19H,14-16,29H2,1-3H3. The second-order valence-electron chi connectivity index (χ2n) is 9.91. The van der Waals surface area contributed by atoms with E-state index in [1.54, 1.807) is 4.90 Å². The Morgan fingerprint density at radius 2 is 1.64 bits per heavy atom. The Bertz CT molecular complexity index is 1270. The topological polar surface area (TPSA) is 59.2 Å². The lowest BCUT2D eigenvalue weighted by molar-refractivity contribution is 0.100. The van der Waals surface area contributed by atoms with Gasteiger partial charge < -0.3 is 5.73 Å². The molecule has 0 aliphatic heterocycles. The fourth-order valence-electron chi connectivity index (χ4n) is 4.73. The Morgan fingerprint density at radius 1 is 1.03 bits per heavy atom. The van der Waals surface area contributed by atoms with Gasteiger partial charge in [0.1, 0.15) is 9.71 Å². The molecule has 0 fully saturated rings. The largest absolute Gasteiger partial charge is 0.397 e. The molecule has 4 aromatic rings. The lowest BCUT2D eigenvalue weighted by Crippen LogP contribution is -2.27. The minimum Gasteiger partial charge on any atom is -0.397 e. The number of aromatic nitrogens is 1. The van der Waals surface area contributed by atoms with Gasteiger partial charge in [0.2, 0.25) is 0 Å². The smallest absolute Gasteiger partial charge is 0.275 e. The Balaban J connectivity index is 1.58. The third kappa shape index (κ3) is 4.02. The molecule has 2 heterocycles. The first kappa shape index (κ1) is 21.7. The zero-order valence-corrected chi connectivity index (χ0v) is 20.2. The third-order valence-corrected chi connectivity index (χ3v) is 7.84. The van der Waals surface area contributed by atoms with Crippen LogP contribution in [0.15, 0.2) is 66.7 Å². The van der Waals surface area contributed by atoms with Crippen molar-refractivity contribution >= 4 is 44.5 Å². The molecule has 33 heavy (non-hydrogen) atoms. The summed E-state index contributed by atoms with van der Waals surface area (Å²) in [6, 6.07) is 21.6. The predicted octanol–water partition coefficient (Wildman–Crippen LogP) is 7.01. The molecule has 5 rings (SSSR count). The van der Waals surface area contributed by atoms with Crippen LogP contribution < -0.4 is 10.6 Å². The first-order valence-electron chi connectivity index (χ1n) is 11.5. The molecule has 1 unspecified atom stereocenters. The van der Waals surface area contributed by atoms with Gasteiger partial charge in [-0.1, -0.05) is 57.2 Å². The predicted molar refractivity (Wildman–Crippen MR) is 138 cm³/mol. The number of hydrogen-bond acceptors (Lipinski definition) is 4. The van der Waals surface area contributed by atoms with E-state index in [0.29, 0.717) is 16.5 Å². The van der Waals surface area contributed by atoms with Gasteiger partial charge in [-0.2, -0.15) is 0 Å². The molecule has 1 atom stereocenters. The summed E-state index contributed by atoms with van der Waals surface area (Å²) >= 11 is 1.40. The van der Waals surface area contributed by atoms with Crippen molar-refractivity contribution in [1.82, 2.24) is 4.98 Å². The van der Waals surface area contributed by atoms with Crippen LogP contribution >= 0.6 is 11.3 Å². The number of thiophene rings is 1. The molecule has 0 spiro atoms. The molecular formula is C28H29N3OS. The SMILES string of the molecule is CC(C)(C)C1CCc2nc3sc(C(=O)N(c4ccccc4)c4ccccc4)c(N)c3cc2C1. The van der Waals surface area contributed by atoms with E-state index in [4.69, 9.17) is 10.7 Å². The number of nitrogens with zero attached hydrogens (tertiary/aromatic N) is 2. The highest BCUT2D eigenvalue weighted by Crippen LogP contribution is 2.41. The number of carbonyl (C=O) groups excluding carboxylic acids is 1.